The highest BCUT2D eigenvalue weighted by Gasteiger charge is 2.05. The summed E-state index contributed by atoms with van der Waals surface area (Å²) in [6.07, 6.45) is 5.60. The Hall–Kier alpha value is -1.52. The van der Waals surface area contributed by atoms with E-state index in [0.717, 1.165) is 55.1 Å². The Bertz CT molecular complexity index is 432. The van der Waals surface area contributed by atoms with Crippen LogP contribution in [-0.4, -0.2) is 31.2 Å². The van der Waals surface area contributed by atoms with Crippen LogP contribution < -0.4 is 5.43 Å². The summed E-state index contributed by atoms with van der Waals surface area (Å²) in [5, 5.41) is 2.00. The van der Waals surface area contributed by atoms with Crippen LogP contribution in [0.5, 0.6) is 0 Å². The molecule has 4 nitrogen and oxygen atoms in total. The third-order valence-corrected chi connectivity index (χ3v) is 3.21. The Balaban J connectivity index is 2.34. The van der Waals surface area contributed by atoms with Gasteiger partial charge in [-0.1, -0.05) is 30.2 Å². The molecule has 1 rings (SSSR count). The minimum absolute atomic E-state index is 0.655. The second-order valence-electron chi connectivity index (χ2n) is 5.10. The van der Waals surface area contributed by atoms with Crippen LogP contribution in [0.2, 0.25) is 0 Å². The van der Waals surface area contributed by atoms with Crippen LogP contribution in [0.4, 0.5) is 0 Å². The van der Waals surface area contributed by atoms with Crippen molar-refractivity contribution in [2.75, 3.05) is 13.6 Å². The van der Waals surface area contributed by atoms with Gasteiger partial charge < -0.3 is 4.79 Å². The summed E-state index contributed by atoms with van der Waals surface area (Å²) >= 11 is 0. The highest BCUT2D eigenvalue weighted by atomic mass is 16.1. The SMILES string of the molecule is Cc1ccc(C=O)c(CN(C)NCCCCCC=O)c1. The molecule has 1 aromatic rings. The predicted octanol–water partition coefficient (Wildman–Crippen LogP) is 2.50. The van der Waals surface area contributed by atoms with E-state index in [-0.39, 0.29) is 0 Å². The van der Waals surface area contributed by atoms with Gasteiger partial charge in [0.05, 0.1) is 0 Å². The van der Waals surface area contributed by atoms with Gasteiger partial charge in [-0.2, -0.15) is 0 Å². The monoisotopic (exact) mass is 276 g/mol. The fourth-order valence-corrected chi connectivity index (χ4v) is 2.10. The Morgan fingerprint density at radius 3 is 2.70 bits per heavy atom. The number of carbonyl (C=O) groups is 2. The highest BCUT2D eigenvalue weighted by molar-refractivity contribution is 5.77. The van der Waals surface area contributed by atoms with Crippen molar-refractivity contribution in [2.45, 2.75) is 39.2 Å². The zero-order valence-corrected chi connectivity index (χ0v) is 12.4. The Morgan fingerprint density at radius 1 is 1.20 bits per heavy atom. The van der Waals surface area contributed by atoms with Crippen molar-refractivity contribution >= 4 is 12.6 Å². The Kier molecular flexibility index (Phi) is 7.77. The second kappa shape index (κ2) is 9.39. The molecule has 0 radical (unpaired) electrons. The summed E-state index contributed by atoms with van der Waals surface area (Å²) in [4.78, 5) is 21.2. The molecule has 20 heavy (non-hydrogen) atoms. The maximum Gasteiger partial charge on any atom is 0.150 e. The first-order chi connectivity index (χ1) is 9.67. The van der Waals surface area contributed by atoms with Crippen LogP contribution in [0.1, 0.15) is 47.2 Å². The first kappa shape index (κ1) is 16.5. The summed E-state index contributed by atoms with van der Waals surface area (Å²) in [5.74, 6) is 0. The lowest BCUT2D eigenvalue weighted by molar-refractivity contribution is -0.107. The van der Waals surface area contributed by atoms with Crippen molar-refractivity contribution in [1.82, 2.24) is 10.4 Å². The molecule has 1 N–H and O–H groups in total. The van der Waals surface area contributed by atoms with Gasteiger partial charge >= 0.3 is 0 Å². The number of unbranched alkanes of at least 4 members (excludes halogenated alkanes) is 3. The average molecular weight is 276 g/mol. The third-order valence-electron chi connectivity index (χ3n) is 3.21. The quantitative estimate of drug-likeness (QED) is 0.405. The molecule has 0 spiro atoms. The van der Waals surface area contributed by atoms with E-state index in [1.165, 1.54) is 0 Å². The van der Waals surface area contributed by atoms with E-state index in [0.29, 0.717) is 13.0 Å². The second-order valence-corrected chi connectivity index (χ2v) is 5.10. The molecule has 110 valence electrons. The number of hydrazine groups is 1. The van der Waals surface area contributed by atoms with Gasteiger partial charge in [0, 0.05) is 32.1 Å². The highest BCUT2D eigenvalue weighted by Crippen LogP contribution is 2.11. The van der Waals surface area contributed by atoms with E-state index in [1.54, 1.807) is 0 Å². The lowest BCUT2D eigenvalue weighted by Crippen LogP contribution is -2.34. The molecule has 0 aliphatic carbocycles. The smallest absolute Gasteiger partial charge is 0.150 e. The van der Waals surface area contributed by atoms with Gasteiger partial charge in [0.15, 0.2) is 0 Å². The molecule has 0 bridgehead atoms. The summed E-state index contributed by atoms with van der Waals surface area (Å²) in [6.45, 7) is 3.61. The fourth-order valence-electron chi connectivity index (χ4n) is 2.10. The van der Waals surface area contributed by atoms with Crippen molar-refractivity contribution in [1.29, 1.82) is 0 Å². The van der Waals surface area contributed by atoms with E-state index in [4.69, 9.17) is 0 Å². The number of benzene rings is 1. The number of hydrogen-bond donors (Lipinski definition) is 1. The lowest BCUT2D eigenvalue weighted by atomic mass is 10.1. The van der Waals surface area contributed by atoms with E-state index in [9.17, 15) is 9.59 Å². The van der Waals surface area contributed by atoms with Gasteiger partial charge in [0.1, 0.15) is 12.6 Å². The number of nitrogens with one attached hydrogen (secondary N) is 1. The van der Waals surface area contributed by atoms with Crippen molar-refractivity contribution in [2.24, 2.45) is 0 Å². The number of hydrogen-bond acceptors (Lipinski definition) is 4. The number of rotatable bonds is 10. The molecule has 0 aromatic heterocycles. The zero-order valence-electron chi connectivity index (χ0n) is 12.4. The number of nitrogens with zero attached hydrogens (tertiary/aromatic N) is 1. The average Bonchev–Trinajstić information content (AvgIpc) is 2.43. The topological polar surface area (TPSA) is 49.4 Å². The van der Waals surface area contributed by atoms with Crippen LogP contribution in [-0.2, 0) is 11.3 Å². The van der Waals surface area contributed by atoms with Crippen LogP contribution in [0.15, 0.2) is 18.2 Å². The molecule has 1 aromatic carbocycles. The van der Waals surface area contributed by atoms with Gasteiger partial charge in [-0.05, 0) is 25.3 Å². The van der Waals surface area contributed by atoms with Crippen LogP contribution in [0, 0.1) is 6.92 Å². The molecule has 0 fully saturated rings. The minimum atomic E-state index is 0.655. The van der Waals surface area contributed by atoms with Crippen LogP contribution >= 0.6 is 0 Å². The molecule has 0 saturated heterocycles. The molecular formula is C16H24N2O2. The normalized spacial score (nSPS) is 10.8. The van der Waals surface area contributed by atoms with E-state index in [1.807, 2.05) is 37.2 Å². The number of aldehydes is 2. The molecule has 0 amide bonds. The molecule has 4 heteroatoms. The largest absolute Gasteiger partial charge is 0.303 e. The third kappa shape index (κ3) is 6.08. The minimum Gasteiger partial charge on any atom is -0.303 e. The molecule has 0 atom stereocenters. The fraction of sp³-hybridized carbons (Fsp3) is 0.500. The van der Waals surface area contributed by atoms with Crippen molar-refractivity contribution in [3.8, 4) is 0 Å². The summed E-state index contributed by atoms with van der Waals surface area (Å²) in [6, 6.07) is 5.87. The first-order valence-electron chi connectivity index (χ1n) is 7.10. The summed E-state index contributed by atoms with van der Waals surface area (Å²) in [7, 11) is 1.97. The van der Waals surface area contributed by atoms with Gasteiger partial charge in [-0.15, -0.1) is 0 Å². The lowest BCUT2D eigenvalue weighted by Gasteiger charge is -2.19. The van der Waals surface area contributed by atoms with E-state index in [2.05, 4.69) is 5.43 Å². The van der Waals surface area contributed by atoms with Crippen molar-refractivity contribution < 1.29 is 9.59 Å². The van der Waals surface area contributed by atoms with Crippen LogP contribution in [0.3, 0.4) is 0 Å². The molecule has 0 saturated carbocycles. The molecule has 0 aliphatic heterocycles. The summed E-state index contributed by atoms with van der Waals surface area (Å²) in [5.41, 5.74) is 6.25. The number of aryl methyl sites for hydroxylation is 1. The summed E-state index contributed by atoms with van der Waals surface area (Å²) < 4.78 is 0. The number of carbonyl (C=O) groups excluding carboxylic acids is 2. The van der Waals surface area contributed by atoms with E-state index >= 15 is 0 Å². The van der Waals surface area contributed by atoms with Crippen LogP contribution in [0.25, 0.3) is 0 Å². The molecule has 0 aliphatic rings. The van der Waals surface area contributed by atoms with Crippen molar-refractivity contribution in [3.05, 3.63) is 34.9 Å². The molecular weight excluding hydrogens is 252 g/mol. The maximum atomic E-state index is 11.0. The standard InChI is InChI=1S/C16H24N2O2/c1-14-7-8-15(13-20)16(11-14)12-18(2)17-9-5-3-4-6-10-19/h7-8,10-11,13,17H,3-6,9,12H2,1-2H3. The zero-order chi connectivity index (χ0) is 14.8. The van der Waals surface area contributed by atoms with Gasteiger partial charge in [0.2, 0.25) is 0 Å². The predicted molar refractivity (Wildman–Crippen MR) is 80.6 cm³/mol. The van der Waals surface area contributed by atoms with E-state index < -0.39 is 0 Å². The molecule has 0 unspecified atom stereocenters. The maximum absolute atomic E-state index is 11.0. The van der Waals surface area contributed by atoms with Gasteiger partial charge in [0.25, 0.3) is 0 Å². The molecule has 0 heterocycles. The first-order valence-corrected chi connectivity index (χ1v) is 7.10. The Morgan fingerprint density at radius 2 is 2.00 bits per heavy atom. The van der Waals surface area contributed by atoms with Gasteiger partial charge in [-0.25, -0.2) is 5.01 Å². The van der Waals surface area contributed by atoms with Gasteiger partial charge in [-0.3, -0.25) is 10.2 Å². The Labute approximate surface area is 121 Å². The van der Waals surface area contributed by atoms with Crippen molar-refractivity contribution in [3.63, 3.8) is 0 Å².